The van der Waals surface area contributed by atoms with Crippen molar-refractivity contribution in [1.82, 2.24) is 15.5 Å². The number of likely N-dealkylation sites (tertiary alicyclic amines) is 1. The minimum atomic E-state index is -0.0895. The van der Waals surface area contributed by atoms with Gasteiger partial charge in [0.05, 0.1) is 6.54 Å². The third-order valence-corrected chi connectivity index (χ3v) is 4.79. The van der Waals surface area contributed by atoms with E-state index >= 15 is 0 Å². The predicted molar refractivity (Wildman–Crippen MR) is 95.7 cm³/mol. The van der Waals surface area contributed by atoms with E-state index in [0.717, 1.165) is 52.1 Å². The minimum absolute atomic E-state index is 0.0448. The van der Waals surface area contributed by atoms with Gasteiger partial charge in [0.25, 0.3) is 0 Å². The standard InChI is InChI=1S/C18H35N3O3/c1-5-14(3)18(23)19-12-17(22)20-16-8-10-21(13-15(16)4)9-7-11-24-6-2/h14-16H,5-13H2,1-4H3,(H,19,23)(H,20,22). The second kappa shape index (κ2) is 11.4. The number of nitrogens with zero attached hydrogens (tertiary/aromatic N) is 1. The molecular weight excluding hydrogens is 306 g/mol. The van der Waals surface area contributed by atoms with Crippen molar-refractivity contribution in [2.45, 2.75) is 53.0 Å². The quantitative estimate of drug-likeness (QED) is 0.589. The largest absolute Gasteiger partial charge is 0.382 e. The first-order valence-electron chi connectivity index (χ1n) is 9.35. The second-order valence-corrected chi connectivity index (χ2v) is 6.82. The van der Waals surface area contributed by atoms with Crippen molar-refractivity contribution in [3.63, 3.8) is 0 Å². The topological polar surface area (TPSA) is 70.7 Å². The Labute approximate surface area is 146 Å². The molecule has 1 rings (SSSR count). The summed E-state index contributed by atoms with van der Waals surface area (Å²) in [5.41, 5.74) is 0. The maximum Gasteiger partial charge on any atom is 0.239 e. The molecule has 2 amide bonds. The molecule has 24 heavy (non-hydrogen) atoms. The molecule has 1 fully saturated rings. The van der Waals surface area contributed by atoms with Crippen LogP contribution in [-0.2, 0) is 14.3 Å². The van der Waals surface area contributed by atoms with Gasteiger partial charge in [-0.05, 0) is 32.1 Å². The summed E-state index contributed by atoms with van der Waals surface area (Å²) in [5, 5.41) is 5.78. The molecule has 0 saturated carbocycles. The molecule has 0 aromatic rings. The van der Waals surface area contributed by atoms with Crippen LogP contribution in [0.3, 0.4) is 0 Å². The molecule has 0 bridgehead atoms. The van der Waals surface area contributed by atoms with E-state index in [9.17, 15) is 9.59 Å². The van der Waals surface area contributed by atoms with Crippen molar-refractivity contribution in [3.05, 3.63) is 0 Å². The molecule has 0 aromatic carbocycles. The highest BCUT2D eigenvalue weighted by atomic mass is 16.5. The first-order valence-corrected chi connectivity index (χ1v) is 9.35. The molecule has 0 spiro atoms. The summed E-state index contributed by atoms with van der Waals surface area (Å²) in [6.07, 6.45) is 2.80. The third kappa shape index (κ3) is 7.62. The Morgan fingerprint density at radius 3 is 2.71 bits per heavy atom. The van der Waals surface area contributed by atoms with E-state index in [4.69, 9.17) is 4.74 Å². The average Bonchev–Trinajstić information content (AvgIpc) is 2.58. The van der Waals surface area contributed by atoms with Crippen molar-refractivity contribution in [3.8, 4) is 0 Å². The lowest BCUT2D eigenvalue weighted by atomic mass is 9.93. The van der Waals surface area contributed by atoms with Crippen LogP contribution in [0, 0.1) is 11.8 Å². The lowest BCUT2D eigenvalue weighted by molar-refractivity contribution is -0.128. The number of carbonyl (C=O) groups excluding carboxylic acids is 2. The van der Waals surface area contributed by atoms with Gasteiger partial charge in [-0.15, -0.1) is 0 Å². The predicted octanol–water partition coefficient (Wildman–Crippen LogP) is 1.40. The van der Waals surface area contributed by atoms with Gasteiger partial charge >= 0.3 is 0 Å². The third-order valence-electron chi connectivity index (χ3n) is 4.79. The smallest absolute Gasteiger partial charge is 0.239 e. The highest BCUT2D eigenvalue weighted by Gasteiger charge is 2.27. The molecule has 6 heteroatoms. The summed E-state index contributed by atoms with van der Waals surface area (Å²) in [4.78, 5) is 26.2. The fourth-order valence-electron chi connectivity index (χ4n) is 2.97. The van der Waals surface area contributed by atoms with Crippen LogP contribution in [0.15, 0.2) is 0 Å². The maximum absolute atomic E-state index is 12.0. The highest BCUT2D eigenvalue weighted by Crippen LogP contribution is 2.17. The molecular formula is C18H35N3O3. The van der Waals surface area contributed by atoms with Crippen LogP contribution in [0.5, 0.6) is 0 Å². The minimum Gasteiger partial charge on any atom is -0.382 e. The van der Waals surface area contributed by atoms with Crippen LogP contribution in [0.25, 0.3) is 0 Å². The normalized spacial score (nSPS) is 22.8. The van der Waals surface area contributed by atoms with Gasteiger partial charge in [0.2, 0.25) is 11.8 Å². The van der Waals surface area contributed by atoms with Gasteiger partial charge in [-0.3, -0.25) is 9.59 Å². The van der Waals surface area contributed by atoms with Gasteiger partial charge in [0, 0.05) is 44.8 Å². The molecule has 2 N–H and O–H groups in total. The highest BCUT2D eigenvalue weighted by molar-refractivity contribution is 5.85. The Bertz CT molecular complexity index is 390. The first-order chi connectivity index (χ1) is 11.5. The average molecular weight is 341 g/mol. The zero-order valence-electron chi connectivity index (χ0n) is 15.8. The molecule has 1 aliphatic heterocycles. The molecule has 0 radical (unpaired) electrons. The number of hydrogen-bond acceptors (Lipinski definition) is 4. The number of amides is 2. The molecule has 3 unspecified atom stereocenters. The molecule has 0 aromatic heterocycles. The van der Waals surface area contributed by atoms with Gasteiger partial charge in [-0.1, -0.05) is 20.8 Å². The number of nitrogens with one attached hydrogen (secondary N) is 2. The van der Waals surface area contributed by atoms with Crippen LogP contribution >= 0.6 is 0 Å². The van der Waals surface area contributed by atoms with Crippen molar-refractivity contribution >= 4 is 11.8 Å². The van der Waals surface area contributed by atoms with Gasteiger partial charge in [-0.25, -0.2) is 0 Å². The number of carbonyl (C=O) groups is 2. The Morgan fingerprint density at radius 2 is 2.08 bits per heavy atom. The zero-order chi connectivity index (χ0) is 17.9. The molecule has 0 aliphatic carbocycles. The summed E-state index contributed by atoms with van der Waals surface area (Å²) < 4.78 is 5.38. The number of rotatable bonds is 10. The van der Waals surface area contributed by atoms with E-state index in [0.29, 0.717) is 5.92 Å². The van der Waals surface area contributed by atoms with Gasteiger partial charge in [0.15, 0.2) is 0 Å². The van der Waals surface area contributed by atoms with Crippen LogP contribution < -0.4 is 10.6 Å². The van der Waals surface area contributed by atoms with E-state index < -0.39 is 0 Å². The Balaban J connectivity index is 2.24. The fourth-order valence-corrected chi connectivity index (χ4v) is 2.97. The summed E-state index contributed by atoms with van der Waals surface area (Å²) in [5.74, 6) is 0.231. The molecule has 1 heterocycles. The molecule has 3 atom stereocenters. The summed E-state index contributed by atoms with van der Waals surface area (Å²) in [6, 6.07) is 0.196. The SMILES string of the molecule is CCOCCCN1CCC(NC(=O)CNC(=O)C(C)CC)C(C)C1. The van der Waals surface area contributed by atoms with E-state index in [2.05, 4.69) is 22.5 Å². The van der Waals surface area contributed by atoms with Crippen LogP contribution in [-0.4, -0.2) is 62.1 Å². The number of piperidine rings is 1. The van der Waals surface area contributed by atoms with Crippen molar-refractivity contribution in [2.24, 2.45) is 11.8 Å². The van der Waals surface area contributed by atoms with Crippen molar-refractivity contribution in [2.75, 3.05) is 39.4 Å². The zero-order valence-corrected chi connectivity index (χ0v) is 15.8. The Morgan fingerprint density at radius 1 is 1.33 bits per heavy atom. The summed E-state index contributed by atoms with van der Waals surface area (Å²) >= 11 is 0. The fraction of sp³-hybridized carbons (Fsp3) is 0.889. The van der Waals surface area contributed by atoms with E-state index in [-0.39, 0.29) is 30.3 Å². The van der Waals surface area contributed by atoms with Crippen molar-refractivity contribution < 1.29 is 14.3 Å². The number of hydrogen-bond donors (Lipinski definition) is 2. The molecule has 1 saturated heterocycles. The van der Waals surface area contributed by atoms with E-state index in [1.807, 2.05) is 20.8 Å². The maximum atomic E-state index is 12.0. The van der Waals surface area contributed by atoms with Crippen LogP contribution in [0.4, 0.5) is 0 Å². The lowest BCUT2D eigenvalue weighted by Crippen LogP contribution is -2.52. The van der Waals surface area contributed by atoms with Crippen LogP contribution in [0.2, 0.25) is 0 Å². The Kier molecular flexibility index (Phi) is 9.95. The first kappa shape index (κ1) is 20.9. The Hall–Kier alpha value is -1.14. The van der Waals surface area contributed by atoms with Gasteiger partial charge in [-0.2, -0.15) is 0 Å². The van der Waals surface area contributed by atoms with Crippen molar-refractivity contribution in [1.29, 1.82) is 0 Å². The molecule has 6 nitrogen and oxygen atoms in total. The van der Waals surface area contributed by atoms with Gasteiger partial charge in [0.1, 0.15) is 0 Å². The van der Waals surface area contributed by atoms with E-state index in [1.54, 1.807) is 0 Å². The van der Waals surface area contributed by atoms with E-state index in [1.165, 1.54) is 0 Å². The summed E-state index contributed by atoms with van der Waals surface area (Å²) in [7, 11) is 0. The van der Waals surface area contributed by atoms with Gasteiger partial charge < -0.3 is 20.3 Å². The molecule has 140 valence electrons. The number of ether oxygens (including phenoxy) is 1. The lowest BCUT2D eigenvalue weighted by Gasteiger charge is -2.37. The second-order valence-electron chi connectivity index (χ2n) is 6.82. The molecule has 1 aliphatic rings. The van der Waals surface area contributed by atoms with Crippen LogP contribution in [0.1, 0.15) is 47.0 Å². The summed E-state index contributed by atoms with van der Waals surface area (Å²) in [6.45, 7) is 12.7. The monoisotopic (exact) mass is 341 g/mol.